The predicted octanol–water partition coefficient (Wildman–Crippen LogP) is 2.55. The van der Waals surface area contributed by atoms with Crippen molar-refractivity contribution in [3.63, 3.8) is 0 Å². The van der Waals surface area contributed by atoms with Gasteiger partial charge in [0.05, 0.1) is 4.92 Å². The molecule has 26 heavy (non-hydrogen) atoms. The van der Waals surface area contributed by atoms with Gasteiger partial charge in [-0.15, -0.1) is 0 Å². The zero-order valence-electron chi connectivity index (χ0n) is 13.6. The molecule has 2 aromatic rings. The average molecular weight is 353 g/mol. The molecule has 1 amide bonds. The summed E-state index contributed by atoms with van der Waals surface area (Å²) in [6.45, 7) is 0.0991. The van der Waals surface area contributed by atoms with E-state index in [0.29, 0.717) is 17.1 Å². The molecule has 2 aromatic carbocycles. The van der Waals surface area contributed by atoms with Gasteiger partial charge in [-0.05, 0) is 23.8 Å². The Labute approximate surface area is 148 Å². The van der Waals surface area contributed by atoms with E-state index in [-0.39, 0.29) is 12.3 Å². The van der Waals surface area contributed by atoms with E-state index < -0.39 is 16.9 Å². The second kappa shape index (κ2) is 7.93. The number of amides is 1. The van der Waals surface area contributed by atoms with E-state index in [1.54, 1.807) is 42.5 Å². The number of ether oxygens (including phenoxy) is 2. The summed E-state index contributed by atoms with van der Waals surface area (Å²) < 4.78 is 11.0. The number of hydrogen-bond acceptors (Lipinski definition) is 6. The molecule has 1 N–H and O–H groups in total. The quantitative estimate of drug-likeness (QED) is 0.505. The van der Waals surface area contributed by atoms with Gasteiger partial charge in [-0.25, -0.2) is 5.43 Å². The third kappa shape index (κ3) is 4.23. The summed E-state index contributed by atoms with van der Waals surface area (Å²) in [6, 6.07) is 13.3. The van der Waals surface area contributed by atoms with Crippen molar-refractivity contribution in [1.29, 1.82) is 0 Å². The highest BCUT2D eigenvalue weighted by molar-refractivity contribution is 5.84. The molecule has 1 aliphatic heterocycles. The number of nitro benzene ring substituents is 1. The maximum Gasteiger partial charge on any atom is 0.284 e. The second-order valence-corrected chi connectivity index (χ2v) is 5.33. The minimum Gasteiger partial charge on any atom is -0.485 e. The third-order valence-electron chi connectivity index (χ3n) is 3.51. The number of hydrogen-bond donors (Lipinski definition) is 1. The fraction of sp³-hybridized carbons (Fsp3) is 0.111. The number of nitrogens with one attached hydrogen (secondary N) is 1. The average Bonchev–Trinajstić information content (AvgIpc) is 2.67. The largest absolute Gasteiger partial charge is 0.485 e. The molecule has 0 aliphatic carbocycles. The van der Waals surface area contributed by atoms with E-state index in [1.165, 1.54) is 18.3 Å². The van der Waals surface area contributed by atoms with Gasteiger partial charge >= 0.3 is 0 Å². The van der Waals surface area contributed by atoms with Crippen molar-refractivity contribution in [2.24, 2.45) is 5.10 Å². The molecule has 0 fully saturated rings. The van der Waals surface area contributed by atoms with Crippen molar-refractivity contribution in [1.82, 2.24) is 5.43 Å². The van der Waals surface area contributed by atoms with E-state index in [2.05, 4.69) is 10.5 Å². The van der Waals surface area contributed by atoms with Crippen LogP contribution >= 0.6 is 0 Å². The van der Waals surface area contributed by atoms with E-state index in [4.69, 9.17) is 9.47 Å². The lowest BCUT2D eigenvalue weighted by Gasteiger charge is -2.24. The van der Waals surface area contributed by atoms with Gasteiger partial charge in [0.15, 0.2) is 11.5 Å². The Morgan fingerprint density at radius 3 is 2.85 bits per heavy atom. The lowest BCUT2D eigenvalue weighted by Crippen LogP contribution is -2.42. The first-order valence-corrected chi connectivity index (χ1v) is 7.76. The number of benzene rings is 2. The minimum atomic E-state index is -0.789. The van der Waals surface area contributed by atoms with Crippen LogP contribution < -0.4 is 14.9 Å². The van der Waals surface area contributed by atoms with Crippen LogP contribution in [0.1, 0.15) is 5.56 Å². The molecule has 1 aliphatic rings. The molecule has 1 atom stereocenters. The van der Waals surface area contributed by atoms with E-state index >= 15 is 0 Å². The zero-order valence-corrected chi connectivity index (χ0v) is 13.6. The topological polar surface area (TPSA) is 103 Å². The number of fused-ring (bicyclic) bond motifs is 1. The molecule has 0 aromatic heterocycles. The first kappa shape index (κ1) is 17.2. The first-order valence-electron chi connectivity index (χ1n) is 7.76. The molecule has 8 heteroatoms. The van der Waals surface area contributed by atoms with Gasteiger partial charge in [0.1, 0.15) is 6.61 Å². The van der Waals surface area contributed by atoms with Crippen LogP contribution in [0.15, 0.2) is 59.7 Å². The number of allylic oxidation sites excluding steroid dienone is 1. The van der Waals surface area contributed by atoms with Crippen LogP contribution in [0.2, 0.25) is 0 Å². The maximum atomic E-state index is 12.0. The van der Waals surface area contributed by atoms with E-state index in [9.17, 15) is 14.9 Å². The number of nitrogens with zero attached hydrogens (tertiary/aromatic N) is 2. The standard InChI is InChI=1S/C18H15N3O5/c22-18(17-12-25-15-8-1-2-9-16(15)26-17)20-19-10-4-6-13-5-3-7-14(11-13)21(23)24/h1-11,17H,12H2,(H,20,22)/b6-4+,19-10+. The van der Waals surface area contributed by atoms with Gasteiger partial charge in [-0.3, -0.25) is 14.9 Å². The number of nitro groups is 1. The van der Waals surface area contributed by atoms with Crippen molar-refractivity contribution < 1.29 is 19.2 Å². The van der Waals surface area contributed by atoms with Gasteiger partial charge in [-0.2, -0.15) is 5.10 Å². The number of carbonyl (C=O) groups is 1. The Hall–Kier alpha value is -3.68. The van der Waals surface area contributed by atoms with Crippen LogP contribution in [0.25, 0.3) is 6.08 Å². The van der Waals surface area contributed by atoms with Gasteiger partial charge in [-0.1, -0.05) is 30.3 Å². The summed E-state index contributed by atoms with van der Waals surface area (Å²) in [5.41, 5.74) is 3.02. The summed E-state index contributed by atoms with van der Waals surface area (Å²) in [4.78, 5) is 22.3. The number of rotatable bonds is 5. The molecular weight excluding hydrogens is 338 g/mol. The second-order valence-electron chi connectivity index (χ2n) is 5.33. The predicted molar refractivity (Wildman–Crippen MR) is 95.1 cm³/mol. The lowest BCUT2D eigenvalue weighted by atomic mass is 10.2. The van der Waals surface area contributed by atoms with Crippen molar-refractivity contribution in [2.75, 3.05) is 6.61 Å². The molecule has 8 nitrogen and oxygen atoms in total. The SMILES string of the molecule is O=C(N/N=C/C=C/c1cccc([N+](=O)[O-])c1)C1COc2ccccc2O1. The summed E-state index contributed by atoms with van der Waals surface area (Å²) in [5.74, 6) is 0.674. The lowest BCUT2D eigenvalue weighted by molar-refractivity contribution is -0.384. The highest BCUT2D eigenvalue weighted by Crippen LogP contribution is 2.30. The molecule has 0 bridgehead atoms. The molecule has 0 saturated carbocycles. The highest BCUT2D eigenvalue weighted by Gasteiger charge is 2.26. The van der Waals surface area contributed by atoms with Crippen LogP contribution in [0, 0.1) is 10.1 Å². The molecular formula is C18H15N3O5. The maximum absolute atomic E-state index is 12.0. The van der Waals surface area contributed by atoms with Crippen LogP contribution in [-0.4, -0.2) is 29.8 Å². The van der Waals surface area contributed by atoms with Crippen molar-refractivity contribution in [2.45, 2.75) is 6.10 Å². The molecule has 3 rings (SSSR count). The Morgan fingerprint density at radius 2 is 2.04 bits per heavy atom. The number of carbonyl (C=O) groups excluding carboxylic acids is 1. The Morgan fingerprint density at radius 1 is 1.23 bits per heavy atom. The van der Waals surface area contributed by atoms with Gasteiger partial charge < -0.3 is 9.47 Å². The monoisotopic (exact) mass is 353 g/mol. The molecule has 1 heterocycles. The zero-order chi connectivity index (χ0) is 18.4. The van der Waals surface area contributed by atoms with E-state index in [1.807, 2.05) is 6.07 Å². The van der Waals surface area contributed by atoms with Crippen LogP contribution in [-0.2, 0) is 4.79 Å². The van der Waals surface area contributed by atoms with Crippen LogP contribution in [0.5, 0.6) is 11.5 Å². The summed E-state index contributed by atoms with van der Waals surface area (Å²) in [6.07, 6.45) is 3.78. The molecule has 0 spiro atoms. The van der Waals surface area contributed by atoms with Crippen molar-refractivity contribution in [3.05, 3.63) is 70.3 Å². The van der Waals surface area contributed by atoms with Crippen molar-refractivity contribution >= 4 is 23.9 Å². The van der Waals surface area contributed by atoms with Crippen LogP contribution in [0.4, 0.5) is 5.69 Å². The van der Waals surface area contributed by atoms with E-state index in [0.717, 1.165) is 0 Å². The smallest absolute Gasteiger partial charge is 0.284 e. The normalized spacial score (nSPS) is 15.9. The molecule has 1 unspecified atom stereocenters. The molecule has 0 saturated heterocycles. The fourth-order valence-corrected chi connectivity index (χ4v) is 2.26. The third-order valence-corrected chi connectivity index (χ3v) is 3.51. The minimum absolute atomic E-state index is 0.00659. The molecule has 132 valence electrons. The Balaban J connectivity index is 1.52. The summed E-state index contributed by atoms with van der Waals surface area (Å²) in [5, 5.41) is 14.5. The Bertz CT molecular complexity index is 879. The fourth-order valence-electron chi connectivity index (χ4n) is 2.26. The summed E-state index contributed by atoms with van der Waals surface area (Å²) >= 11 is 0. The Kier molecular flexibility index (Phi) is 5.23. The van der Waals surface area contributed by atoms with Gasteiger partial charge in [0.25, 0.3) is 11.6 Å². The van der Waals surface area contributed by atoms with Crippen LogP contribution in [0.3, 0.4) is 0 Å². The number of hydrazone groups is 1. The first-order chi connectivity index (χ1) is 12.6. The summed E-state index contributed by atoms with van der Waals surface area (Å²) in [7, 11) is 0. The van der Waals surface area contributed by atoms with Gasteiger partial charge in [0, 0.05) is 18.3 Å². The molecule has 0 radical (unpaired) electrons. The number of para-hydroxylation sites is 2. The highest BCUT2D eigenvalue weighted by atomic mass is 16.6. The van der Waals surface area contributed by atoms with Crippen molar-refractivity contribution in [3.8, 4) is 11.5 Å². The van der Waals surface area contributed by atoms with Gasteiger partial charge in [0.2, 0.25) is 6.10 Å². The number of non-ortho nitro benzene ring substituents is 1.